The summed E-state index contributed by atoms with van der Waals surface area (Å²) in [5.74, 6) is -1.02. The van der Waals surface area contributed by atoms with E-state index in [-0.39, 0.29) is 17.9 Å². The SMILES string of the molecule is N#CCN(C(=O)COC(=O)CCc1ccc(S(=O)(=O)N2CCCCCC2)cc1)c1ccccc1. The van der Waals surface area contributed by atoms with Gasteiger partial charge in [0.15, 0.2) is 6.61 Å². The lowest BCUT2D eigenvalue weighted by atomic mass is 10.1. The Morgan fingerprint density at radius 3 is 2.24 bits per heavy atom. The highest BCUT2D eigenvalue weighted by atomic mass is 32.2. The third-order valence-corrected chi connectivity index (χ3v) is 7.61. The van der Waals surface area contributed by atoms with E-state index < -0.39 is 28.5 Å². The van der Waals surface area contributed by atoms with Crippen LogP contribution in [0.15, 0.2) is 59.5 Å². The molecule has 8 nitrogen and oxygen atoms in total. The van der Waals surface area contributed by atoms with Gasteiger partial charge in [-0.15, -0.1) is 0 Å². The summed E-state index contributed by atoms with van der Waals surface area (Å²) >= 11 is 0. The summed E-state index contributed by atoms with van der Waals surface area (Å²) in [4.78, 5) is 26.1. The Bertz CT molecular complexity index is 1100. The first kappa shape index (κ1) is 25.4. The molecule has 1 fully saturated rings. The number of esters is 1. The fraction of sp³-hybridized carbons (Fsp3) is 0.400. The van der Waals surface area contributed by atoms with Gasteiger partial charge in [-0.3, -0.25) is 14.5 Å². The van der Waals surface area contributed by atoms with E-state index in [4.69, 9.17) is 10.00 Å². The van der Waals surface area contributed by atoms with Crippen molar-refractivity contribution in [2.75, 3.05) is 31.1 Å². The molecule has 1 heterocycles. The van der Waals surface area contributed by atoms with E-state index in [0.29, 0.717) is 25.2 Å². The Morgan fingerprint density at radius 1 is 0.971 bits per heavy atom. The van der Waals surface area contributed by atoms with Gasteiger partial charge in [-0.25, -0.2) is 8.42 Å². The zero-order valence-electron chi connectivity index (χ0n) is 19.1. The summed E-state index contributed by atoms with van der Waals surface area (Å²) in [5.41, 5.74) is 1.36. The molecule has 180 valence electrons. The zero-order chi connectivity index (χ0) is 24.4. The number of amides is 1. The normalized spacial score (nSPS) is 14.6. The molecule has 2 aromatic rings. The van der Waals surface area contributed by atoms with Crippen LogP contribution in [0.1, 0.15) is 37.7 Å². The lowest BCUT2D eigenvalue weighted by molar-refractivity contribution is -0.147. The highest BCUT2D eigenvalue weighted by Gasteiger charge is 2.25. The maximum atomic E-state index is 12.9. The van der Waals surface area contributed by atoms with Crippen molar-refractivity contribution >= 4 is 27.6 Å². The molecule has 0 spiro atoms. The van der Waals surface area contributed by atoms with Crippen LogP contribution in [0.2, 0.25) is 0 Å². The quantitative estimate of drug-likeness (QED) is 0.400. The van der Waals surface area contributed by atoms with Gasteiger partial charge in [0.25, 0.3) is 5.91 Å². The number of rotatable bonds is 9. The molecule has 34 heavy (non-hydrogen) atoms. The minimum Gasteiger partial charge on any atom is -0.456 e. The molecule has 9 heteroatoms. The van der Waals surface area contributed by atoms with E-state index in [9.17, 15) is 18.0 Å². The van der Waals surface area contributed by atoms with Gasteiger partial charge in [0, 0.05) is 25.2 Å². The van der Waals surface area contributed by atoms with Gasteiger partial charge in [-0.1, -0.05) is 43.2 Å². The summed E-state index contributed by atoms with van der Waals surface area (Å²) in [6.45, 7) is 0.491. The van der Waals surface area contributed by atoms with Crippen LogP contribution in [-0.2, 0) is 30.8 Å². The smallest absolute Gasteiger partial charge is 0.306 e. The number of carbonyl (C=O) groups is 2. The Morgan fingerprint density at radius 2 is 1.62 bits per heavy atom. The molecule has 0 bridgehead atoms. The number of para-hydroxylation sites is 1. The Hall–Kier alpha value is -3.22. The first-order valence-electron chi connectivity index (χ1n) is 11.4. The van der Waals surface area contributed by atoms with Gasteiger partial charge in [0.05, 0.1) is 11.0 Å². The van der Waals surface area contributed by atoms with Gasteiger partial charge < -0.3 is 4.74 Å². The molecule has 0 aromatic heterocycles. The number of anilines is 1. The number of hydrogen-bond donors (Lipinski definition) is 0. The molecule has 1 saturated heterocycles. The average molecular weight is 484 g/mol. The first-order valence-corrected chi connectivity index (χ1v) is 12.8. The zero-order valence-corrected chi connectivity index (χ0v) is 19.9. The van der Waals surface area contributed by atoms with Crippen LogP contribution in [0.25, 0.3) is 0 Å². The largest absolute Gasteiger partial charge is 0.456 e. The molecule has 2 aromatic carbocycles. The molecule has 3 rings (SSSR count). The monoisotopic (exact) mass is 483 g/mol. The molecule has 0 N–H and O–H groups in total. The molecule has 0 atom stereocenters. The molecule has 0 radical (unpaired) electrons. The second kappa shape index (κ2) is 12.3. The first-order chi connectivity index (χ1) is 16.4. The summed E-state index contributed by atoms with van der Waals surface area (Å²) in [5, 5.41) is 9.00. The lowest BCUT2D eigenvalue weighted by Crippen LogP contribution is -2.35. The predicted octanol–water partition coefficient (Wildman–Crippen LogP) is 3.28. The van der Waals surface area contributed by atoms with E-state index in [1.807, 2.05) is 6.07 Å². The summed E-state index contributed by atoms with van der Waals surface area (Å²) in [6.07, 6.45) is 4.26. The fourth-order valence-corrected chi connectivity index (χ4v) is 5.32. The Kier molecular flexibility index (Phi) is 9.19. The summed E-state index contributed by atoms with van der Waals surface area (Å²) < 4.78 is 32.4. The van der Waals surface area contributed by atoms with Crippen LogP contribution in [-0.4, -0.2) is 50.8 Å². The number of nitriles is 1. The summed E-state index contributed by atoms with van der Waals surface area (Å²) in [7, 11) is -3.51. The number of nitrogens with zero attached hydrogens (tertiary/aromatic N) is 3. The number of aryl methyl sites for hydroxylation is 1. The van der Waals surface area contributed by atoms with Crippen molar-refractivity contribution in [3.05, 3.63) is 60.2 Å². The Labute approximate surface area is 200 Å². The van der Waals surface area contributed by atoms with Gasteiger partial charge in [0.2, 0.25) is 10.0 Å². The van der Waals surface area contributed by atoms with Gasteiger partial charge in [-0.05, 0) is 49.1 Å². The number of ether oxygens (including phenoxy) is 1. The molecule has 1 aliphatic heterocycles. The third kappa shape index (κ3) is 6.89. The van der Waals surface area contributed by atoms with Crippen molar-refractivity contribution in [3.63, 3.8) is 0 Å². The van der Waals surface area contributed by atoms with E-state index in [2.05, 4.69) is 0 Å². The number of benzene rings is 2. The van der Waals surface area contributed by atoms with Crippen LogP contribution in [0.5, 0.6) is 0 Å². The van der Waals surface area contributed by atoms with Crippen LogP contribution < -0.4 is 4.90 Å². The van der Waals surface area contributed by atoms with E-state index >= 15 is 0 Å². The lowest BCUT2D eigenvalue weighted by Gasteiger charge is -2.20. The van der Waals surface area contributed by atoms with E-state index in [1.54, 1.807) is 58.9 Å². The van der Waals surface area contributed by atoms with Crippen molar-refractivity contribution in [1.29, 1.82) is 5.26 Å². The van der Waals surface area contributed by atoms with Crippen LogP contribution >= 0.6 is 0 Å². The van der Waals surface area contributed by atoms with Crippen LogP contribution in [0, 0.1) is 11.3 Å². The highest BCUT2D eigenvalue weighted by molar-refractivity contribution is 7.89. The highest BCUT2D eigenvalue weighted by Crippen LogP contribution is 2.21. The number of carbonyl (C=O) groups excluding carboxylic acids is 2. The second-order valence-electron chi connectivity index (χ2n) is 8.10. The fourth-order valence-electron chi connectivity index (χ4n) is 3.80. The van der Waals surface area contributed by atoms with Gasteiger partial charge in [0.1, 0.15) is 6.54 Å². The van der Waals surface area contributed by atoms with Crippen molar-refractivity contribution in [1.82, 2.24) is 4.31 Å². The molecular weight excluding hydrogens is 454 g/mol. The van der Waals surface area contributed by atoms with Crippen molar-refractivity contribution in [2.24, 2.45) is 0 Å². The second-order valence-corrected chi connectivity index (χ2v) is 10.0. The maximum absolute atomic E-state index is 12.9. The van der Waals surface area contributed by atoms with E-state index in [1.165, 1.54) is 4.90 Å². The van der Waals surface area contributed by atoms with Gasteiger partial charge in [-0.2, -0.15) is 9.57 Å². The average Bonchev–Trinajstić information content (AvgIpc) is 3.16. The van der Waals surface area contributed by atoms with Crippen LogP contribution in [0.4, 0.5) is 5.69 Å². The molecule has 1 amide bonds. The number of hydrogen-bond acceptors (Lipinski definition) is 6. The van der Waals surface area contributed by atoms with Crippen molar-refractivity contribution in [2.45, 2.75) is 43.4 Å². The summed E-state index contributed by atoms with van der Waals surface area (Å²) in [6, 6.07) is 17.2. The molecule has 0 saturated carbocycles. The Balaban J connectivity index is 1.50. The van der Waals surface area contributed by atoms with Gasteiger partial charge >= 0.3 is 5.97 Å². The van der Waals surface area contributed by atoms with Crippen LogP contribution in [0.3, 0.4) is 0 Å². The molecule has 1 aliphatic rings. The maximum Gasteiger partial charge on any atom is 0.306 e. The van der Waals surface area contributed by atoms with E-state index in [0.717, 1.165) is 31.2 Å². The topological polar surface area (TPSA) is 108 Å². The third-order valence-electron chi connectivity index (χ3n) is 5.70. The minimum absolute atomic E-state index is 0.0507. The molecule has 0 aliphatic carbocycles. The standard InChI is InChI=1S/C25H29N3O5S/c26-16-19-28(22-8-4-3-5-9-22)24(29)20-33-25(30)15-12-21-10-13-23(14-11-21)34(31,32)27-17-6-1-2-7-18-27/h3-5,8-11,13-14H,1-2,6-7,12,15,17-20H2. The molecule has 0 unspecified atom stereocenters. The van der Waals surface area contributed by atoms with Crippen molar-refractivity contribution < 1.29 is 22.7 Å². The number of sulfonamides is 1. The predicted molar refractivity (Wildman–Crippen MR) is 127 cm³/mol. The minimum atomic E-state index is -3.51. The van der Waals surface area contributed by atoms with Crippen molar-refractivity contribution in [3.8, 4) is 6.07 Å². The molecular formula is C25H29N3O5S.